The molecule has 90 valence electrons. The monoisotopic (exact) mass is 254 g/mol. The highest BCUT2D eigenvalue weighted by Gasteiger charge is 2.31. The van der Waals surface area contributed by atoms with Crippen LogP contribution < -0.4 is 10.6 Å². The Morgan fingerprint density at radius 1 is 1.50 bits per heavy atom. The highest BCUT2D eigenvalue weighted by atomic mass is 35.5. The average molecular weight is 255 g/mol. The molecule has 0 bridgehead atoms. The summed E-state index contributed by atoms with van der Waals surface area (Å²) < 4.78 is 36.8. The first-order valence-electron chi connectivity index (χ1n) is 4.43. The van der Waals surface area contributed by atoms with Gasteiger partial charge in [-0.3, -0.25) is 0 Å². The topological polar surface area (TPSA) is 55.0 Å². The fourth-order valence-corrected chi connectivity index (χ4v) is 1.36. The summed E-state index contributed by atoms with van der Waals surface area (Å²) >= 11 is 5.71. The molecule has 16 heavy (non-hydrogen) atoms. The molecule has 0 saturated carbocycles. The van der Waals surface area contributed by atoms with Gasteiger partial charge in [-0.1, -0.05) is 11.6 Å². The third-order valence-corrected chi connectivity index (χ3v) is 2.06. The number of anilines is 2. The number of rotatable bonds is 3. The molecule has 1 heterocycles. The molecule has 4 nitrogen and oxygen atoms in total. The largest absolute Gasteiger partial charge is 0.405 e. The molecule has 0 aliphatic rings. The fourth-order valence-electron chi connectivity index (χ4n) is 1.15. The first-order chi connectivity index (χ1) is 7.33. The van der Waals surface area contributed by atoms with Gasteiger partial charge >= 0.3 is 6.18 Å². The van der Waals surface area contributed by atoms with Crippen molar-refractivity contribution in [2.75, 3.05) is 23.7 Å². The van der Waals surface area contributed by atoms with E-state index >= 15 is 0 Å². The van der Waals surface area contributed by atoms with Crippen LogP contribution in [0.3, 0.4) is 0 Å². The van der Waals surface area contributed by atoms with Crippen LogP contribution >= 0.6 is 11.6 Å². The Morgan fingerprint density at radius 3 is 2.62 bits per heavy atom. The van der Waals surface area contributed by atoms with Crippen LogP contribution in [0.5, 0.6) is 0 Å². The predicted molar refractivity (Wildman–Crippen MR) is 55.4 cm³/mol. The van der Waals surface area contributed by atoms with E-state index in [-0.39, 0.29) is 23.3 Å². The van der Waals surface area contributed by atoms with E-state index in [2.05, 4.69) is 9.97 Å². The number of hydrogen-bond donors (Lipinski definition) is 1. The molecule has 1 aromatic heterocycles. The lowest BCUT2D eigenvalue weighted by Gasteiger charge is -2.23. The molecule has 0 aromatic carbocycles. The highest BCUT2D eigenvalue weighted by molar-refractivity contribution is 6.32. The fraction of sp³-hybridized carbons (Fsp3) is 0.500. The van der Waals surface area contributed by atoms with Gasteiger partial charge in [-0.15, -0.1) is 0 Å². The zero-order valence-electron chi connectivity index (χ0n) is 8.42. The van der Waals surface area contributed by atoms with Crippen molar-refractivity contribution in [1.82, 2.24) is 9.97 Å². The normalized spacial score (nSPS) is 11.6. The lowest BCUT2D eigenvalue weighted by atomic mass is 10.4. The van der Waals surface area contributed by atoms with E-state index in [1.54, 1.807) is 6.92 Å². The van der Waals surface area contributed by atoms with Crippen molar-refractivity contribution in [3.63, 3.8) is 0 Å². The van der Waals surface area contributed by atoms with Gasteiger partial charge in [0.05, 0.1) is 6.20 Å². The summed E-state index contributed by atoms with van der Waals surface area (Å²) in [5.74, 6) is -0.117. The Hall–Kier alpha value is -1.24. The van der Waals surface area contributed by atoms with Gasteiger partial charge < -0.3 is 10.6 Å². The van der Waals surface area contributed by atoms with Crippen molar-refractivity contribution < 1.29 is 13.2 Å². The van der Waals surface area contributed by atoms with E-state index in [9.17, 15) is 13.2 Å². The molecule has 0 aliphatic heterocycles. The van der Waals surface area contributed by atoms with Gasteiger partial charge in [0.25, 0.3) is 0 Å². The van der Waals surface area contributed by atoms with Crippen LogP contribution in [0.2, 0.25) is 5.02 Å². The van der Waals surface area contributed by atoms with Crippen molar-refractivity contribution >= 4 is 23.4 Å². The summed E-state index contributed by atoms with van der Waals surface area (Å²) in [6.45, 7) is 0.565. The molecular formula is C8H10ClF3N4. The number of alkyl halides is 3. The Morgan fingerprint density at radius 2 is 2.12 bits per heavy atom. The molecule has 8 heteroatoms. The lowest BCUT2D eigenvalue weighted by molar-refractivity contribution is -0.119. The maximum atomic E-state index is 12.3. The molecule has 1 aromatic rings. The van der Waals surface area contributed by atoms with E-state index in [0.717, 1.165) is 4.90 Å². The molecule has 0 atom stereocenters. The van der Waals surface area contributed by atoms with Gasteiger partial charge in [-0.25, -0.2) is 4.98 Å². The number of nitrogens with two attached hydrogens (primary N) is 1. The zero-order chi connectivity index (χ0) is 12.3. The molecule has 0 aliphatic carbocycles. The Bertz CT molecular complexity index is 369. The number of nitrogen functional groups attached to an aromatic ring is 1. The average Bonchev–Trinajstić information content (AvgIpc) is 2.17. The first-order valence-corrected chi connectivity index (χ1v) is 4.81. The third-order valence-electron chi connectivity index (χ3n) is 1.80. The summed E-state index contributed by atoms with van der Waals surface area (Å²) in [5.41, 5.74) is 5.29. The zero-order valence-corrected chi connectivity index (χ0v) is 9.18. The van der Waals surface area contributed by atoms with Gasteiger partial charge in [0.15, 0.2) is 5.82 Å². The van der Waals surface area contributed by atoms with E-state index in [0.29, 0.717) is 0 Å². The van der Waals surface area contributed by atoms with Crippen LogP contribution in [-0.4, -0.2) is 29.2 Å². The quantitative estimate of drug-likeness (QED) is 0.898. The molecule has 1 rings (SSSR count). The van der Waals surface area contributed by atoms with E-state index in [1.165, 1.54) is 6.20 Å². The third kappa shape index (κ3) is 3.41. The van der Waals surface area contributed by atoms with Crippen LogP contribution in [-0.2, 0) is 0 Å². The van der Waals surface area contributed by atoms with Crippen molar-refractivity contribution in [3.8, 4) is 0 Å². The molecule has 0 unspecified atom stereocenters. The second-order valence-electron chi connectivity index (χ2n) is 3.03. The van der Waals surface area contributed by atoms with E-state index in [4.69, 9.17) is 17.3 Å². The van der Waals surface area contributed by atoms with Crippen molar-refractivity contribution in [2.45, 2.75) is 13.1 Å². The Kier molecular flexibility index (Phi) is 3.79. The van der Waals surface area contributed by atoms with Gasteiger partial charge in [0.2, 0.25) is 5.95 Å². The van der Waals surface area contributed by atoms with E-state index < -0.39 is 12.7 Å². The van der Waals surface area contributed by atoms with Gasteiger partial charge in [0, 0.05) is 6.54 Å². The molecule has 0 spiro atoms. The van der Waals surface area contributed by atoms with Crippen molar-refractivity contribution in [1.29, 1.82) is 0 Å². The summed E-state index contributed by atoms with van der Waals surface area (Å²) in [4.78, 5) is 8.25. The minimum atomic E-state index is -4.32. The number of aromatic nitrogens is 2. The number of halogens is 4. The molecule has 0 radical (unpaired) electrons. The van der Waals surface area contributed by atoms with Gasteiger partial charge in [0.1, 0.15) is 11.6 Å². The Balaban J connectivity index is 2.99. The van der Waals surface area contributed by atoms with Crippen LogP contribution in [0.1, 0.15) is 6.92 Å². The molecular weight excluding hydrogens is 245 g/mol. The second kappa shape index (κ2) is 4.73. The van der Waals surface area contributed by atoms with Gasteiger partial charge in [-0.05, 0) is 6.92 Å². The van der Waals surface area contributed by atoms with Crippen molar-refractivity contribution in [3.05, 3.63) is 11.2 Å². The summed E-state index contributed by atoms with van der Waals surface area (Å²) in [6.07, 6.45) is -3.14. The van der Waals surface area contributed by atoms with Gasteiger partial charge in [-0.2, -0.15) is 18.2 Å². The van der Waals surface area contributed by atoms with Crippen molar-refractivity contribution in [2.24, 2.45) is 0 Å². The minimum Gasteiger partial charge on any atom is -0.368 e. The maximum Gasteiger partial charge on any atom is 0.405 e. The first kappa shape index (κ1) is 12.8. The van der Waals surface area contributed by atoms with Crippen LogP contribution in [0.4, 0.5) is 24.9 Å². The van der Waals surface area contributed by atoms with Crippen LogP contribution in [0.15, 0.2) is 6.20 Å². The van der Waals surface area contributed by atoms with E-state index in [1.807, 2.05) is 0 Å². The minimum absolute atomic E-state index is 0.00556. The lowest BCUT2D eigenvalue weighted by Crippen LogP contribution is -2.35. The number of hydrogen-bond acceptors (Lipinski definition) is 4. The summed E-state index contributed by atoms with van der Waals surface area (Å²) in [7, 11) is 0. The summed E-state index contributed by atoms with van der Waals surface area (Å²) in [5, 5.41) is 0.0419. The second-order valence-corrected chi connectivity index (χ2v) is 3.44. The highest BCUT2D eigenvalue weighted by Crippen LogP contribution is 2.26. The molecule has 0 saturated heterocycles. The summed E-state index contributed by atoms with van der Waals surface area (Å²) in [6, 6.07) is 0. The molecule has 0 fully saturated rings. The maximum absolute atomic E-state index is 12.3. The standard InChI is InChI=1S/C8H10ClF3N4/c1-2-16(4-8(10,11)12)6-5(9)3-14-7(13)15-6/h3H,2,4H2,1H3,(H2,13,14,15). The molecule has 0 amide bonds. The van der Waals surface area contributed by atoms with Crippen LogP contribution in [0.25, 0.3) is 0 Å². The van der Waals surface area contributed by atoms with Crippen LogP contribution in [0, 0.1) is 0 Å². The SMILES string of the molecule is CCN(CC(F)(F)F)c1nc(N)ncc1Cl. The predicted octanol–water partition coefficient (Wildman–Crippen LogP) is 2.10. The smallest absolute Gasteiger partial charge is 0.368 e. The number of nitrogens with zero attached hydrogens (tertiary/aromatic N) is 3. The Labute approximate surface area is 95.2 Å². The molecule has 2 N–H and O–H groups in total.